The smallest absolute Gasteiger partial charge is 0.227 e. The summed E-state index contributed by atoms with van der Waals surface area (Å²) in [6, 6.07) is 14.8. The van der Waals surface area contributed by atoms with Crippen LogP contribution in [0.25, 0.3) is 0 Å². The molecule has 2 aromatic carbocycles. The second kappa shape index (κ2) is 9.86. The highest BCUT2D eigenvalue weighted by Gasteiger charge is 2.28. The quantitative estimate of drug-likeness (QED) is 0.677. The summed E-state index contributed by atoms with van der Waals surface area (Å²) in [5, 5.41) is 13.0. The van der Waals surface area contributed by atoms with Crippen LogP contribution in [0, 0.1) is 5.92 Å². The molecule has 0 saturated carbocycles. The standard InChI is InChI=1S/C25H32N2O4/c1-25(2,3)19-9-10-22(28)21(17-19)26-24(30)18-11-14-27(15-12-18)23(29)13-16-31-20-7-5-4-6-8-20/h4-10,17-18,28H,11-16H2,1-3H3,(H,26,30). The fourth-order valence-corrected chi connectivity index (χ4v) is 3.66. The van der Waals surface area contributed by atoms with E-state index < -0.39 is 0 Å². The van der Waals surface area contributed by atoms with Gasteiger partial charge in [-0.15, -0.1) is 0 Å². The van der Waals surface area contributed by atoms with Gasteiger partial charge >= 0.3 is 0 Å². The molecule has 0 bridgehead atoms. The van der Waals surface area contributed by atoms with Crippen LogP contribution in [0.4, 0.5) is 5.69 Å². The Morgan fingerprint density at radius 3 is 2.42 bits per heavy atom. The SMILES string of the molecule is CC(C)(C)c1ccc(O)c(NC(=O)C2CCN(C(=O)CCOc3ccccc3)CC2)c1. The van der Waals surface area contributed by atoms with E-state index in [0.717, 1.165) is 11.3 Å². The summed E-state index contributed by atoms with van der Waals surface area (Å²) in [7, 11) is 0. The number of nitrogens with one attached hydrogen (secondary N) is 1. The number of likely N-dealkylation sites (tertiary alicyclic amines) is 1. The molecule has 1 saturated heterocycles. The van der Waals surface area contributed by atoms with Crippen molar-refractivity contribution in [2.24, 2.45) is 5.92 Å². The predicted molar refractivity (Wildman–Crippen MR) is 121 cm³/mol. The average Bonchev–Trinajstić information content (AvgIpc) is 2.75. The molecule has 3 rings (SSSR count). The third-order valence-corrected chi connectivity index (χ3v) is 5.67. The number of rotatable bonds is 6. The molecule has 6 nitrogen and oxygen atoms in total. The van der Waals surface area contributed by atoms with E-state index >= 15 is 0 Å². The zero-order chi connectivity index (χ0) is 22.4. The van der Waals surface area contributed by atoms with E-state index in [9.17, 15) is 14.7 Å². The number of benzene rings is 2. The van der Waals surface area contributed by atoms with Crippen LogP contribution in [0.2, 0.25) is 0 Å². The number of ether oxygens (including phenoxy) is 1. The van der Waals surface area contributed by atoms with Gasteiger partial charge in [-0.25, -0.2) is 0 Å². The van der Waals surface area contributed by atoms with Crippen molar-refractivity contribution in [1.29, 1.82) is 0 Å². The maximum Gasteiger partial charge on any atom is 0.227 e. The first-order valence-electron chi connectivity index (χ1n) is 10.8. The predicted octanol–water partition coefficient (Wildman–Crippen LogP) is 4.34. The number of phenols is 1. The van der Waals surface area contributed by atoms with Gasteiger partial charge in [0, 0.05) is 19.0 Å². The molecular weight excluding hydrogens is 392 g/mol. The summed E-state index contributed by atoms with van der Waals surface area (Å²) in [6.07, 6.45) is 1.53. The summed E-state index contributed by atoms with van der Waals surface area (Å²) < 4.78 is 5.60. The molecule has 2 amide bonds. The molecule has 166 valence electrons. The molecule has 1 aliphatic heterocycles. The van der Waals surface area contributed by atoms with Gasteiger partial charge in [0.05, 0.1) is 18.7 Å². The van der Waals surface area contributed by atoms with Gasteiger partial charge in [0.2, 0.25) is 11.8 Å². The zero-order valence-corrected chi connectivity index (χ0v) is 18.6. The molecule has 1 heterocycles. The molecule has 0 spiro atoms. The Morgan fingerprint density at radius 1 is 1.10 bits per heavy atom. The van der Waals surface area contributed by atoms with Crippen LogP contribution in [0.15, 0.2) is 48.5 Å². The molecule has 0 atom stereocenters. The van der Waals surface area contributed by atoms with E-state index in [-0.39, 0.29) is 28.9 Å². The van der Waals surface area contributed by atoms with Crippen LogP contribution in [0.1, 0.15) is 45.6 Å². The molecule has 0 aromatic heterocycles. The summed E-state index contributed by atoms with van der Waals surface area (Å²) in [5.41, 5.74) is 1.40. The van der Waals surface area contributed by atoms with Crippen LogP contribution in [0.5, 0.6) is 11.5 Å². The second-order valence-corrected chi connectivity index (χ2v) is 9.04. The molecule has 1 fully saturated rings. The minimum Gasteiger partial charge on any atom is -0.506 e. The minimum atomic E-state index is -0.178. The lowest BCUT2D eigenvalue weighted by Crippen LogP contribution is -2.41. The van der Waals surface area contributed by atoms with Gasteiger partial charge in [-0.2, -0.15) is 0 Å². The number of carbonyl (C=O) groups excluding carboxylic acids is 2. The zero-order valence-electron chi connectivity index (χ0n) is 18.6. The van der Waals surface area contributed by atoms with Gasteiger partial charge < -0.3 is 20.1 Å². The largest absolute Gasteiger partial charge is 0.506 e. The number of phenolic OH excluding ortho intramolecular Hbond substituents is 1. The molecule has 6 heteroatoms. The monoisotopic (exact) mass is 424 g/mol. The maximum atomic E-state index is 12.7. The molecule has 2 aromatic rings. The van der Waals surface area contributed by atoms with Gasteiger partial charge in [-0.3, -0.25) is 9.59 Å². The normalized spacial score (nSPS) is 14.9. The number of hydrogen-bond acceptors (Lipinski definition) is 4. The van der Waals surface area contributed by atoms with Gasteiger partial charge in [-0.05, 0) is 48.1 Å². The number of aromatic hydroxyl groups is 1. The van der Waals surface area contributed by atoms with E-state index in [0.29, 0.717) is 44.6 Å². The lowest BCUT2D eigenvalue weighted by atomic mass is 9.86. The summed E-state index contributed by atoms with van der Waals surface area (Å²) >= 11 is 0. The fraction of sp³-hybridized carbons (Fsp3) is 0.440. The van der Waals surface area contributed by atoms with Crippen molar-refractivity contribution in [1.82, 2.24) is 4.90 Å². The summed E-state index contributed by atoms with van der Waals surface area (Å²) in [6.45, 7) is 7.70. The Balaban J connectivity index is 1.47. The third-order valence-electron chi connectivity index (χ3n) is 5.67. The van der Waals surface area contributed by atoms with E-state index in [1.54, 1.807) is 11.0 Å². The van der Waals surface area contributed by atoms with Crippen LogP contribution in [0.3, 0.4) is 0 Å². The summed E-state index contributed by atoms with van der Waals surface area (Å²) in [4.78, 5) is 27.0. The molecule has 0 unspecified atom stereocenters. The highest BCUT2D eigenvalue weighted by Crippen LogP contribution is 2.31. The molecule has 0 aliphatic carbocycles. The van der Waals surface area contributed by atoms with Crippen molar-refractivity contribution in [3.63, 3.8) is 0 Å². The third kappa shape index (κ3) is 6.23. The van der Waals surface area contributed by atoms with E-state index in [1.165, 1.54) is 0 Å². The van der Waals surface area contributed by atoms with Crippen molar-refractivity contribution >= 4 is 17.5 Å². The van der Waals surface area contributed by atoms with Crippen LogP contribution < -0.4 is 10.1 Å². The molecule has 1 aliphatic rings. The fourth-order valence-electron chi connectivity index (χ4n) is 3.66. The van der Waals surface area contributed by atoms with Crippen molar-refractivity contribution in [3.05, 3.63) is 54.1 Å². The van der Waals surface area contributed by atoms with Gasteiger partial charge in [-0.1, -0.05) is 45.0 Å². The Labute approximate surface area is 184 Å². The van der Waals surface area contributed by atoms with E-state index in [2.05, 4.69) is 26.1 Å². The minimum absolute atomic E-state index is 0.0466. The molecular formula is C25H32N2O4. The lowest BCUT2D eigenvalue weighted by Gasteiger charge is -2.31. The van der Waals surface area contributed by atoms with Crippen molar-refractivity contribution in [2.45, 2.75) is 45.4 Å². The highest BCUT2D eigenvalue weighted by molar-refractivity contribution is 5.94. The van der Waals surface area contributed by atoms with Gasteiger partial charge in [0.1, 0.15) is 11.5 Å². The Kier molecular flexibility index (Phi) is 7.21. The first-order valence-corrected chi connectivity index (χ1v) is 10.8. The Bertz CT molecular complexity index is 897. The van der Waals surface area contributed by atoms with Crippen molar-refractivity contribution in [2.75, 3.05) is 25.0 Å². The van der Waals surface area contributed by atoms with E-state index in [4.69, 9.17) is 4.74 Å². The molecule has 2 N–H and O–H groups in total. The number of nitrogens with zero attached hydrogens (tertiary/aromatic N) is 1. The van der Waals surface area contributed by atoms with Crippen molar-refractivity contribution < 1.29 is 19.4 Å². The van der Waals surface area contributed by atoms with Crippen LogP contribution >= 0.6 is 0 Å². The van der Waals surface area contributed by atoms with Crippen molar-refractivity contribution in [3.8, 4) is 11.5 Å². The van der Waals surface area contributed by atoms with Crippen LogP contribution in [-0.4, -0.2) is 41.5 Å². The first kappa shape index (κ1) is 22.7. The number of para-hydroxylation sites is 1. The number of anilines is 1. The maximum absolute atomic E-state index is 12.7. The topological polar surface area (TPSA) is 78.9 Å². The highest BCUT2D eigenvalue weighted by atomic mass is 16.5. The van der Waals surface area contributed by atoms with Gasteiger partial charge in [0.25, 0.3) is 0 Å². The average molecular weight is 425 g/mol. The number of hydrogen-bond donors (Lipinski definition) is 2. The van der Waals surface area contributed by atoms with Gasteiger partial charge in [0.15, 0.2) is 0 Å². The number of carbonyl (C=O) groups is 2. The first-order chi connectivity index (χ1) is 14.7. The Morgan fingerprint density at radius 2 is 1.77 bits per heavy atom. The second-order valence-electron chi connectivity index (χ2n) is 9.04. The van der Waals surface area contributed by atoms with Crippen LogP contribution in [-0.2, 0) is 15.0 Å². The number of piperidine rings is 1. The van der Waals surface area contributed by atoms with E-state index in [1.807, 2.05) is 42.5 Å². The molecule has 31 heavy (non-hydrogen) atoms. The summed E-state index contributed by atoms with van der Waals surface area (Å²) in [5.74, 6) is 0.574. The lowest BCUT2D eigenvalue weighted by molar-refractivity contribution is -0.135. The number of amides is 2. The Hall–Kier alpha value is -3.02. The molecule has 0 radical (unpaired) electrons.